The second kappa shape index (κ2) is 7.47. The highest BCUT2D eigenvalue weighted by Gasteiger charge is 2.33. The summed E-state index contributed by atoms with van der Waals surface area (Å²) < 4.78 is 0. The summed E-state index contributed by atoms with van der Waals surface area (Å²) in [5.41, 5.74) is 11.7. The topological polar surface area (TPSA) is 18.5 Å². The van der Waals surface area contributed by atoms with Crippen molar-refractivity contribution in [2.24, 2.45) is 0 Å². The van der Waals surface area contributed by atoms with Crippen LogP contribution in [0.3, 0.4) is 0 Å². The molecule has 29 heavy (non-hydrogen) atoms. The second-order valence-corrected chi connectivity index (χ2v) is 8.40. The van der Waals surface area contributed by atoms with Crippen LogP contribution < -0.4 is 15.1 Å². The SMILES string of the molecule is Cc1cc(C)c(N2CCN(c3c(C)cc(C)cc3C)C2=C2C=CC=CN2)c(C)c1. The van der Waals surface area contributed by atoms with Crippen molar-refractivity contribution < 1.29 is 0 Å². The molecule has 2 aliphatic rings. The van der Waals surface area contributed by atoms with E-state index in [1.165, 1.54) is 50.6 Å². The maximum absolute atomic E-state index is 3.49. The standard InChI is InChI=1S/C26H31N3/c1-17-13-19(3)24(20(4)14-17)28-11-12-29(26(28)23-9-7-8-10-27-23)25-21(5)15-18(2)16-22(25)6/h7-10,13-16,27H,11-12H2,1-6H3. The molecule has 150 valence electrons. The zero-order chi connectivity index (χ0) is 20.7. The average molecular weight is 386 g/mol. The van der Waals surface area contributed by atoms with Crippen LogP contribution in [0.15, 0.2) is 60.2 Å². The van der Waals surface area contributed by atoms with Crippen LogP contribution in [0, 0.1) is 41.5 Å². The number of aryl methyl sites for hydroxylation is 6. The summed E-state index contributed by atoms with van der Waals surface area (Å²) in [6, 6.07) is 9.17. The molecule has 0 amide bonds. The van der Waals surface area contributed by atoms with E-state index >= 15 is 0 Å². The van der Waals surface area contributed by atoms with Gasteiger partial charge >= 0.3 is 0 Å². The van der Waals surface area contributed by atoms with Crippen LogP contribution in [-0.4, -0.2) is 13.1 Å². The molecule has 0 radical (unpaired) electrons. The van der Waals surface area contributed by atoms with E-state index in [4.69, 9.17) is 0 Å². The van der Waals surface area contributed by atoms with Gasteiger partial charge in [0.05, 0.1) is 5.70 Å². The Hall–Kier alpha value is -2.94. The Morgan fingerprint density at radius 2 is 1.10 bits per heavy atom. The predicted molar refractivity (Wildman–Crippen MR) is 124 cm³/mol. The fourth-order valence-corrected chi connectivity index (χ4v) is 5.01. The van der Waals surface area contributed by atoms with Gasteiger partial charge in [-0.1, -0.05) is 41.5 Å². The number of dihydropyridines is 1. The van der Waals surface area contributed by atoms with Gasteiger partial charge in [-0.25, -0.2) is 0 Å². The summed E-state index contributed by atoms with van der Waals surface area (Å²) in [5.74, 6) is 1.23. The van der Waals surface area contributed by atoms with Gasteiger partial charge in [0.15, 0.2) is 0 Å². The van der Waals surface area contributed by atoms with Crippen molar-refractivity contribution in [3.63, 3.8) is 0 Å². The van der Waals surface area contributed by atoms with Gasteiger partial charge in [0.2, 0.25) is 0 Å². The van der Waals surface area contributed by atoms with Crippen molar-refractivity contribution in [2.45, 2.75) is 41.5 Å². The van der Waals surface area contributed by atoms with Crippen LogP contribution in [0.5, 0.6) is 0 Å². The van der Waals surface area contributed by atoms with E-state index in [0.29, 0.717) is 0 Å². The summed E-state index contributed by atoms with van der Waals surface area (Å²) in [5, 5.41) is 3.49. The van der Waals surface area contributed by atoms with E-state index in [0.717, 1.165) is 18.8 Å². The average Bonchev–Trinajstić information content (AvgIpc) is 3.05. The smallest absolute Gasteiger partial charge is 0.137 e. The van der Waals surface area contributed by atoms with Crippen LogP contribution in [-0.2, 0) is 0 Å². The summed E-state index contributed by atoms with van der Waals surface area (Å²) in [7, 11) is 0. The highest BCUT2D eigenvalue weighted by atomic mass is 15.4. The third-order valence-electron chi connectivity index (χ3n) is 5.82. The maximum Gasteiger partial charge on any atom is 0.137 e. The van der Waals surface area contributed by atoms with Crippen LogP contribution in [0.25, 0.3) is 0 Å². The van der Waals surface area contributed by atoms with E-state index in [9.17, 15) is 0 Å². The first-order valence-electron chi connectivity index (χ1n) is 10.4. The normalized spacial score (nSPS) is 16.1. The Morgan fingerprint density at radius 3 is 1.48 bits per heavy atom. The van der Waals surface area contributed by atoms with Gasteiger partial charge in [0.25, 0.3) is 0 Å². The van der Waals surface area contributed by atoms with Crippen molar-refractivity contribution in [1.82, 2.24) is 5.32 Å². The molecule has 0 atom stereocenters. The number of hydrogen-bond acceptors (Lipinski definition) is 3. The first-order valence-corrected chi connectivity index (χ1v) is 10.4. The molecular formula is C26H31N3. The van der Waals surface area contributed by atoms with Gasteiger partial charge in [-0.2, -0.15) is 0 Å². The Morgan fingerprint density at radius 1 is 0.655 bits per heavy atom. The van der Waals surface area contributed by atoms with Gasteiger partial charge < -0.3 is 15.1 Å². The number of hydrogen-bond donors (Lipinski definition) is 1. The molecule has 2 heterocycles. The lowest BCUT2D eigenvalue weighted by Crippen LogP contribution is -2.29. The lowest BCUT2D eigenvalue weighted by molar-refractivity contribution is 0.964. The summed E-state index contributed by atoms with van der Waals surface area (Å²) >= 11 is 0. The molecule has 1 N–H and O–H groups in total. The maximum atomic E-state index is 3.49. The third-order valence-corrected chi connectivity index (χ3v) is 5.82. The van der Waals surface area contributed by atoms with Crippen molar-refractivity contribution in [3.05, 3.63) is 93.6 Å². The molecule has 1 saturated heterocycles. The summed E-state index contributed by atoms with van der Waals surface area (Å²) in [4.78, 5) is 4.99. The Bertz CT molecular complexity index is 942. The molecule has 0 bridgehead atoms. The zero-order valence-electron chi connectivity index (χ0n) is 18.4. The fourth-order valence-electron chi connectivity index (χ4n) is 5.01. The first kappa shape index (κ1) is 19.4. The van der Waals surface area contributed by atoms with E-state index in [1.54, 1.807) is 0 Å². The minimum atomic E-state index is 0.968. The number of allylic oxidation sites excluding steroid dienone is 3. The molecule has 2 aliphatic heterocycles. The molecule has 3 heteroatoms. The van der Waals surface area contributed by atoms with Crippen molar-refractivity contribution >= 4 is 11.4 Å². The molecule has 2 aromatic carbocycles. The number of nitrogens with zero attached hydrogens (tertiary/aromatic N) is 2. The molecule has 3 nitrogen and oxygen atoms in total. The van der Waals surface area contributed by atoms with Gasteiger partial charge in [-0.05, 0) is 75.9 Å². The van der Waals surface area contributed by atoms with E-state index < -0.39 is 0 Å². The molecule has 2 aromatic rings. The van der Waals surface area contributed by atoms with E-state index in [1.807, 2.05) is 12.3 Å². The van der Waals surface area contributed by atoms with Gasteiger partial charge in [0.1, 0.15) is 5.82 Å². The van der Waals surface area contributed by atoms with E-state index in [-0.39, 0.29) is 0 Å². The van der Waals surface area contributed by atoms with Crippen molar-refractivity contribution in [2.75, 3.05) is 22.9 Å². The second-order valence-electron chi connectivity index (χ2n) is 8.40. The Labute approximate surface area is 175 Å². The number of rotatable bonds is 2. The zero-order valence-corrected chi connectivity index (χ0v) is 18.4. The van der Waals surface area contributed by atoms with Crippen molar-refractivity contribution in [3.8, 4) is 0 Å². The van der Waals surface area contributed by atoms with Crippen LogP contribution in [0.1, 0.15) is 33.4 Å². The monoisotopic (exact) mass is 385 g/mol. The van der Waals surface area contributed by atoms with Gasteiger partial charge in [0, 0.05) is 30.7 Å². The Kier molecular flexibility index (Phi) is 4.99. The molecule has 0 unspecified atom stereocenters. The lowest BCUT2D eigenvalue weighted by atomic mass is 10.0. The van der Waals surface area contributed by atoms with E-state index in [2.05, 4.69) is 93.1 Å². The highest BCUT2D eigenvalue weighted by Crippen LogP contribution is 2.39. The van der Waals surface area contributed by atoms with Gasteiger partial charge in [-0.3, -0.25) is 0 Å². The third kappa shape index (κ3) is 3.46. The summed E-state index contributed by atoms with van der Waals surface area (Å²) in [6.07, 6.45) is 8.34. The van der Waals surface area contributed by atoms with Crippen LogP contribution >= 0.6 is 0 Å². The Balaban J connectivity index is 1.90. The molecule has 0 saturated carbocycles. The molecular weight excluding hydrogens is 354 g/mol. The molecule has 4 rings (SSSR count). The quantitative estimate of drug-likeness (QED) is 0.715. The highest BCUT2D eigenvalue weighted by molar-refractivity contribution is 5.74. The largest absolute Gasteiger partial charge is 0.359 e. The minimum absolute atomic E-state index is 0.968. The molecule has 0 spiro atoms. The number of benzene rings is 2. The van der Waals surface area contributed by atoms with Crippen LogP contribution in [0.2, 0.25) is 0 Å². The molecule has 1 fully saturated rings. The number of anilines is 2. The minimum Gasteiger partial charge on any atom is -0.359 e. The van der Waals surface area contributed by atoms with Crippen LogP contribution in [0.4, 0.5) is 11.4 Å². The molecule has 0 aromatic heterocycles. The van der Waals surface area contributed by atoms with Gasteiger partial charge in [-0.15, -0.1) is 0 Å². The first-order chi connectivity index (χ1) is 13.9. The number of nitrogens with one attached hydrogen (secondary N) is 1. The summed E-state index contributed by atoms with van der Waals surface area (Å²) in [6.45, 7) is 15.2. The molecule has 0 aliphatic carbocycles. The lowest BCUT2D eigenvalue weighted by Gasteiger charge is -2.31. The predicted octanol–water partition coefficient (Wildman–Crippen LogP) is 5.71. The fraction of sp³-hybridized carbons (Fsp3) is 0.308. The van der Waals surface area contributed by atoms with Crippen molar-refractivity contribution in [1.29, 1.82) is 0 Å².